The van der Waals surface area contributed by atoms with Crippen molar-refractivity contribution in [2.45, 2.75) is 0 Å². The zero-order valence-electron chi connectivity index (χ0n) is 12.5. The lowest BCUT2D eigenvalue weighted by Crippen LogP contribution is -2.15. The molecule has 0 aromatic heterocycles. The lowest BCUT2D eigenvalue weighted by atomic mass is 9.99. The van der Waals surface area contributed by atoms with Gasteiger partial charge in [0.2, 0.25) is 0 Å². The molecule has 1 aliphatic rings. The SMILES string of the molecule is C#CCN=C1CN=C(c2ccccc2)c2cc(C#N)ccc2N1. The molecule has 2 aromatic rings. The number of hydrogen-bond donors (Lipinski definition) is 1. The Morgan fingerprint density at radius 3 is 2.78 bits per heavy atom. The lowest BCUT2D eigenvalue weighted by molar-refractivity contribution is 1.21. The molecule has 0 fully saturated rings. The minimum atomic E-state index is 0.310. The first-order valence-corrected chi connectivity index (χ1v) is 7.20. The molecular formula is C19H14N4. The van der Waals surface area contributed by atoms with E-state index >= 15 is 0 Å². The number of aliphatic imine (C=N–C) groups is 2. The van der Waals surface area contributed by atoms with Crippen molar-refractivity contribution >= 4 is 17.2 Å². The number of rotatable bonds is 2. The number of nitrogens with one attached hydrogen (secondary N) is 1. The van der Waals surface area contributed by atoms with Gasteiger partial charge in [-0.05, 0) is 18.2 Å². The van der Waals surface area contributed by atoms with E-state index < -0.39 is 0 Å². The van der Waals surface area contributed by atoms with Gasteiger partial charge in [-0.25, -0.2) is 0 Å². The van der Waals surface area contributed by atoms with Crippen LogP contribution >= 0.6 is 0 Å². The van der Waals surface area contributed by atoms with E-state index in [1.807, 2.05) is 42.5 Å². The summed E-state index contributed by atoms with van der Waals surface area (Å²) in [4.78, 5) is 9.02. The Morgan fingerprint density at radius 2 is 2.04 bits per heavy atom. The van der Waals surface area contributed by atoms with Gasteiger partial charge in [0.05, 0.1) is 23.9 Å². The van der Waals surface area contributed by atoms with Crippen LogP contribution in [0.15, 0.2) is 58.5 Å². The van der Waals surface area contributed by atoms with Crippen molar-refractivity contribution in [2.75, 3.05) is 18.4 Å². The van der Waals surface area contributed by atoms with Gasteiger partial charge < -0.3 is 5.32 Å². The van der Waals surface area contributed by atoms with E-state index in [0.717, 1.165) is 28.4 Å². The van der Waals surface area contributed by atoms with Crippen LogP contribution in [0, 0.1) is 23.7 Å². The number of benzene rings is 2. The molecule has 3 rings (SSSR count). The van der Waals surface area contributed by atoms with Crippen LogP contribution in [0.1, 0.15) is 16.7 Å². The Bertz CT molecular complexity index is 864. The van der Waals surface area contributed by atoms with Crippen LogP contribution in [0.25, 0.3) is 0 Å². The Hall–Kier alpha value is -3.37. The highest BCUT2D eigenvalue weighted by Crippen LogP contribution is 2.24. The summed E-state index contributed by atoms with van der Waals surface area (Å²) in [6, 6.07) is 17.6. The third-order valence-electron chi connectivity index (χ3n) is 3.48. The molecule has 1 heterocycles. The van der Waals surface area contributed by atoms with Gasteiger partial charge in [0, 0.05) is 16.8 Å². The summed E-state index contributed by atoms with van der Waals surface area (Å²) in [5.41, 5.74) is 4.21. The molecule has 2 aromatic carbocycles. The number of benzodiazepines with no additional fused rings is 1. The average Bonchev–Trinajstić information content (AvgIpc) is 2.79. The minimum absolute atomic E-state index is 0.310. The third kappa shape index (κ3) is 3.12. The van der Waals surface area contributed by atoms with Crippen molar-refractivity contribution in [2.24, 2.45) is 9.98 Å². The Balaban J connectivity index is 2.14. The van der Waals surface area contributed by atoms with Crippen molar-refractivity contribution in [3.8, 4) is 18.4 Å². The van der Waals surface area contributed by atoms with Crippen molar-refractivity contribution in [1.29, 1.82) is 5.26 Å². The fraction of sp³-hybridized carbons (Fsp3) is 0.105. The van der Waals surface area contributed by atoms with Crippen LogP contribution < -0.4 is 5.32 Å². The molecule has 0 spiro atoms. The fourth-order valence-corrected chi connectivity index (χ4v) is 2.43. The quantitative estimate of drug-likeness (QED) is 0.867. The van der Waals surface area contributed by atoms with Gasteiger partial charge in [-0.1, -0.05) is 36.3 Å². The van der Waals surface area contributed by atoms with E-state index in [-0.39, 0.29) is 0 Å². The molecule has 4 heteroatoms. The third-order valence-corrected chi connectivity index (χ3v) is 3.48. The van der Waals surface area contributed by atoms with E-state index in [1.54, 1.807) is 6.07 Å². The standard InChI is InChI=1S/C19H14N4/c1-2-10-21-18-13-22-19(15-6-4-3-5-7-15)16-11-14(12-20)8-9-17(16)23-18/h1,3-9,11H,10,13H2,(H,21,23). The predicted octanol–water partition coefficient (Wildman–Crippen LogP) is 2.85. The first-order valence-electron chi connectivity index (χ1n) is 7.20. The van der Waals surface area contributed by atoms with Crippen molar-refractivity contribution in [3.63, 3.8) is 0 Å². The zero-order valence-corrected chi connectivity index (χ0v) is 12.5. The van der Waals surface area contributed by atoms with E-state index in [0.29, 0.717) is 18.7 Å². The highest BCUT2D eigenvalue weighted by molar-refractivity contribution is 6.19. The second-order valence-electron chi connectivity index (χ2n) is 5.00. The van der Waals surface area contributed by atoms with Gasteiger partial charge >= 0.3 is 0 Å². The summed E-state index contributed by atoms with van der Waals surface area (Å²) in [5.74, 6) is 3.22. The van der Waals surface area contributed by atoms with Gasteiger partial charge in [-0.3, -0.25) is 9.98 Å². The highest BCUT2D eigenvalue weighted by atomic mass is 15.0. The van der Waals surface area contributed by atoms with Gasteiger partial charge in [0.15, 0.2) is 0 Å². The molecule has 1 aliphatic heterocycles. The summed E-state index contributed by atoms with van der Waals surface area (Å²) in [6.07, 6.45) is 5.28. The van der Waals surface area contributed by atoms with Gasteiger partial charge in [-0.15, -0.1) is 6.42 Å². The molecule has 0 saturated heterocycles. The maximum atomic E-state index is 9.18. The number of anilines is 1. The fourth-order valence-electron chi connectivity index (χ4n) is 2.43. The van der Waals surface area contributed by atoms with Gasteiger partial charge in [0.25, 0.3) is 0 Å². The topological polar surface area (TPSA) is 60.5 Å². The normalized spacial score (nSPS) is 14.7. The number of amidine groups is 1. The molecule has 4 nitrogen and oxygen atoms in total. The number of hydrogen-bond acceptors (Lipinski definition) is 3. The monoisotopic (exact) mass is 298 g/mol. The van der Waals surface area contributed by atoms with Gasteiger partial charge in [-0.2, -0.15) is 5.26 Å². The molecule has 0 aliphatic carbocycles. The molecule has 0 saturated carbocycles. The highest BCUT2D eigenvalue weighted by Gasteiger charge is 2.17. The number of terminal acetylenes is 1. The Kier molecular flexibility index (Phi) is 4.18. The summed E-state index contributed by atoms with van der Waals surface area (Å²) in [5, 5.41) is 12.5. The van der Waals surface area contributed by atoms with E-state index in [1.165, 1.54) is 0 Å². The zero-order chi connectivity index (χ0) is 16.1. The number of nitrogens with zero attached hydrogens (tertiary/aromatic N) is 3. The van der Waals surface area contributed by atoms with Crippen LogP contribution in [-0.2, 0) is 0 Å². The summed E-state index contributed by atoms with van der Waals surface area (Å²) < 4.78 is 0. The Labute approximate surface area is 135 Å². The van der Waals surface area contributed by atoms with E-state index in [9.17, 15) is 5.26 Å². The maximum absolute atomic E-state index is 9.18. The minimum Gasteiger partial charge on any atom is -0.342 e. The van der Waals surface area contributed by atoms with E-state index in [4.69, 9.17) is 6.42 Å². The molecule has 23 heavy (non-hydrogen) atoms. The van der Waals surface area contributed by atoms with Crippen LogP contribution in [0.5, 0.6) is 0 Å². The molecular weight excluding hydrogens is 284 g/mol. The first-order chi connectivity index (χ1) is 11.3. The van der Waals surface area contributed by atoms with E-state index in [2.05, 4.69) is 27.3 Å². The summed E-state index contributed by atoms with van der Waals surface area (Å²) in [7, 11) is 0. The van der Waals surface area contributed by atoms with Crippen molar-refractivity contribution in [1.82, 2.24) is 0 Å². The van der Waals surface area contributed by atoms with Crippen molar-refractivity contribution < 1.29 is 0 Å². The van der Waals surface area contributed by atoms with Crippen LogP contribution in [0.3, 0.4) is 0 Å². The molecule has 0 amide bonds. The molecule has 0 unspecified atom stereocenters. The molecule has 0 atom stereocenters. The van der Waals surface area contributed by atoms with Crippen LogP contribution in [0.4, 0.5) is 5.69 Å². The second-order valence-corrected chi connectivity index (χ2v) is 5.00. The van der Waals surface area contributed by atoms with Crippen molar-refractivity contribution in [3.05, 3.63) is 65.2 Å². The Morgan fingerprint density at radius 1 is 1.22 bits per heavy atom. The molecule has 1 N–H and O–H groups in total. The second kappa shape index (κ2) is 6.60. The van der Waals surface area contributed by atoms with Crippen LogP contribution in [0.2, 0.25) is 0 Å². The molecule has 0 radical (unpaired) electrons. The molecule has 0 bridgehead atoms. The first kappa shape index (κ1) is 14.6. The number of fused-ring (bicyclic) bond motifs is 1. The summed E-state index contributed by atoms with van der Waals surface area (Å²) >= 11 is 0. The maximum Gasteiger partial charge on any atom is 0.124 e. The summed E-state index contributed by atoms with van der Waals surface area (Å²) in [6.45, 7) is 0.729. The van der Waals surface area contributed by atoms with Gasteiger partial charge in [0.1, 0.15) is 12.4 Å². The lowest BCUT2D eigenvalue weighted by Gasteiger charge is -2.11. The largest absolute Gasteiger partial charge is 0.342 e. The average molecular weight is 298 g/mol. The molecule has 110 valence electrons. The number of nitriles is 1. The predicted molar refractivity (Wildman–Crippen MR) is 92.9 cm³/mol. The van der Waals surface area contributed by atoms with Crippen LogP contribution in [-0.4, -0.2) is 24.6 Å². The smallest absolute Gasteiger partial charge is 0.124 e.